The molecule has 0 bridgehead atoms. The Morgan fingerprint density at radius 2 is 2.04 bits per heavy atom. The fourth-order valence-electron chi connectivity index (χ4n) is 2.25. The van der Waals surface area contributed by atoms with Crippen LogP contribution in [0.25, 0.3) is 6.08 Å². The summed E-state index contributed by atoms with van der Waals surface area (Å²) in [5.41, 5.74) is 2.70. The first-order chi connectivity index (χ1) is 11.1. The third-order valence-corrected chi connectivity index (χ3v) is 3.39. The quantitative estimate of drug-likeness (QED) is 0.699. The molecule has 0 aliphatic carbocycles. The summed E-state index contributed by atoms with van der Waals surface area (Å²) in [5, 5.41) is 9.60. The molecule has 5 nitrogen and oxygen atoms in total. The number of hydrogen-bond acceptors (Lipinski definition) is 5. The number of carbonyl (C=O) groups excluding carboxylic acids is 1. The molecule has 1 N–H and O–H groups in total. The van der Waals surface area contributed by atoms with E-state index in [-0.39, 0.29) is 17.3 Å². The number of aliphatic imine (C=N–C) groups is 1. The van der Waals surface area contributed by atoms with Gasteiger partial charge < -0.3 is 14.6 Å². The largest absolute Gasteiger partial charge is 0.504 e. The lowest BCUT2D eigenvalue weighted by molar-refractivity contribution is -0.129. The summed E-state index contributed by atoms with van der Waals surface area (Å²) in [5.74, 6) is 0.144. The summed E-state index contributed by atoms with van der Waals surface area (Å²) in [6.45, 7) is 1.96. The van der Waals surface area contributed by atoms with Crippen LogP contribution in [0.4, 0.5) is 0 Å². The number of phenols is 1. The van der Waals surface area contributed by atoms with Gasteiger partial charge in [-0.3, -0.25) is 0 Å². The number of aryl methyl sites for hydroxylation is 1. The van der Waals surface area contributed by atoms with Crippen molar-refractivity contribution in [3.8, 4) is 11.5 Å². The van der Waals surface area contributed by atoms with E-state index in [9.17, 15) is 9.90 Å². The molecule has 0 saturated carbocycles. The van der Waals surface area contributed by atoms with Crippen LogP contribution in [0.5, 0.6) is 11.5 Å². The average molecular weight is 309 g/mol. The van der Waals surface area contributed by atoms with Crippen LogP contribution in [-0.2, 0) is 9.53 Å². The van der Waals surface area contributed by atoms with Crippen molar-refractivity contribution < 1.29 is 19.4 Å². The summed E-state index contributed by atoms with van der Waals surface area (Å²) in [6, 6.07) is 12.4. The number of nitrogens with zero attached hydrogens (tertiary/aromatic N) is 1. The van der Waals surface area contributed by atoms with Gasteiger partial charge in [0.1, 0.15) is 0 Å². The lowest BCUT2D eigenvalue weighted by atomic mass is 10.1. The van der Waals surface area contributed by atoms with E-state index in [1.165, 1.54) is 13.2 Å². The number of ether oxygens (including phenoxy) is 2. The molecule has 0 saturated heterocycles. The number of rotatable bonds is 3. The molecule has 5 heteroatoms. The average Bonchev–Trinajstić information content (AvgIpc) is 2.90. The first-order valence-electron chi connectivity index (χ1n) is 7.03. The van der Waals surface area contributed by atoms with Gasteiger partial charge >= 0.3 is 5.97 Å². The summed E-state index contributed by atoms with van der Waals surface area (Å²) < 4.78 is 10.3. The van der Waals surface area contributed by atoms with Crippen molar-refractivity contribution in [1.29, 1.82) is 0 Å². The molecule has 0 radical (unpaired) electrons. The Morgan fingerprint density at radius 3 is 2.78 bits per heavy atom. The molecule has 2 aromatic carbocycles. The summed E-state index contributed by atoms with van der Waals surface area (Å²) in [7, 11) is 1.46. The van der Waals surface area contributed by atoms with Crippen molar-refractivity contribution in [3.05, 3.63) is 64.9 Å². The first kappa shape index (κ1) is 14.8. The van der Waals surface area contributed by atoms with Crippen molar-refractivity contribution in [1.82, 2.24) is 0 Å². The summed E-state index contributed by atoms with van der Waals surface area (Å²) >= 11 is 0. The highest BCUT2D eigenvalue weighted by Gasteiger charge is 2.24. The number of cyclic esters (lactones) is 1. The van der Waals surface area contributed by atoms with Gasteiger partial charge in [0.2, 0.25) is 5.90 Å². The minimum absolute atomic E-state index is 0.0348. The molecular weight excluding hydrogens is 294 g/mol. The van der Waals surface area contributed by atoms with E-state index < -0.39 is 5.97 Å². The van der Waals surface area contributed by atoms with Gasteiger partial charge in [0, 0.05) is 5.56 Å². The van der Waals surface area contributed by atoms with E-state index in [2.05, 4.69) is 4.99 Å². The molecular formula is C18H15NO4. The second kappa shape index (κ2) is 5.96. The topological polar surface area (TPSA) is 68.1 Å². The Hall–Kier alpha value is -3.08. The lowest BCUT2D eigenvalue weighted by Crippen LogP contribution is -2.05. The predicted molar refractivity (Wildman–Crippen MR) is 86.4 cm³/mol. The molecule has 0 fully saturated rings. The summed E-state index contributed by atoms with van der Waals surface area (Å²) in [6.07, 6.45) is 1.59. The highest BCUT2D eigenvalue weighted by molar-refractivity contribution is 6.12. The monoisotopic (exact) mass is 309 g/mol. The number of aromatic hydroxyl groups is 1. The second-order valence-corrected chi connectivity index (χ2v) is 5.14. The number of esters is 1. The zero-order valence-electron chi connectivity index (χ0n) is 12.7. The Kier molecular flexibility index (Phi) is 3.85. The van der Waals surface area contributed by atoms with Crippen LogP contribution in [0.15, 0.2) is 53.2 Å². The molecule has 1 aliphatic rings. The molecule has 1 heterocycles. The van der Waals surface area contributed by atoms with Crippen LogP contribution >= 0.6 is 0 Å². The maximum Gasteiger partial charge on any atom is 0.363 e. The number of carbonyl (C=O) groups is 1. The van der Waals surface area contributed by atoms with E-state index in [1.54, 1.807) is 18.2 Å². The van der Waals surface area contributed by atoms with E-state index in [0.717, 1.165) is 11.1 Å². The lowest BCUT2D eigenvalue weighted by Gasteiger charge is -2.03. The Labute approximate surface area is 133 Å². The van der Waals surface area contributed by atoms with Crippen LogP contribution in [-0.4, -0.2) is 24.1 Å². The fraction of sp³-hybridized carbons (Fsp3) is 0.111. The highest BCUT2D eigenvalue weighted by Crippen LogP contribution is 2.28. The molecule has 0 amide bonds. The smallest absolute Gasteiger partial charge is 0.363 e. The molecule has 2 aromatic rings. The Balaban J connectivity index is 1.95. The number of methoxy groups -OCH3 is 1. The van der Waals surface area contributed by atoms with Gasteiger partial charge in [-0.1, -0.05) is 23.8 Å². The zero-order chi connectivity index (χ0) is 16.4. The molecule has 3 rings (SSSR count). The fourth-order valence-corrected chi connectivity index (χ4v) is 2.25. The van der Waals surface area contributed by atoms with Gasteiger partial charge in [-0.25, -0.2) is 9.79 Å². The normalized spacial score (nSPS) is 15.5. The van der Waals surface area contributed by atoms with E-state index >= 15 is 0 Å². The van der Waals surface area contributed by atoms with Crippen LogP contribution < -0.4 is 4.74 Å². The van der Waals surface area contributed by atoms with Crippen molar-refractivity contribution in [2.75, 3.05) is 7.11 Å². The molecule has 1 aliphatic heterocycles. The number of phenolic OH excluding ortho intramolecular Hbond substituents is 1. The zero-order valence-corrected chi connectivity index (χ0v) is 12.7. The van der Waals surface area contributed by atoms with E-state index in [0.29, 0.717) is 11.3 Å². The van der Waals surface area contributed by atoms with E-state index in [4.69, 9.17) is 9.47 Å². The number of hydrogen-bond donors (Lipinski definition) is 1. The summed E-state index contributed by atoms with van der Waals surface area (Å²) in [4.78, 5) is 16.2. The predicted octanol–water partition coefficient (Wildman–Crippen LogP) is 3.05. The minimum Gasteiger partial charge on any atom is -0.504 e. The highest BCUT2D eigenvalue weighted by atomic mass is 16.6. The van der Waals surface area contributed by atoms with Gasteiger partial charge in [-0.05, 0) is 42.8 Å². The van der Waals surface area contributed by atoms with Crippen LogP contribution in [0.2, 0.25) is 0 Å². The van der Waals surface area contributed by atoms with E-state index in [1.807, 2.05) is 31.2 Å². The SMILES string of the molecule is COc1cc(C=C2N=C(c3cccc(C)c3)OC2=O)ccc1O. The van der Waals surface area contributed by atoms with Gasteiger partial charge in [0.25, 0.3) is 0 Å². The Bertz CT molecular complexity index is 837. The molecule has 23 heavy (non-hydrogen) atoms. The van der Waals surface area contributed by atoms with Gasteiger partial charge in [0.15, 0.2) is 17.2 Å². The molecule has 0 aromatic heterocycles. The van der Waals surface area contributed by atoms with Gasteiger partial charge in [-0.15, -0.1) is 0 Å². The van der Waals surface area contributed by atoms with Crippen LogP contribution in [0.3, 0.4) is 0 Å². The molecule has 0 unspecified atom stereocenters. The maximum atomic E-state index is 12.0. The van der Waals surface area contributed by atoms with Crippen molar-refractivity contribution >= 4 is 17.9 Å². The molecule has 0 spiro atoms. The molecule has 116 valence electrons. The van der Waals surface area contributed by atoms with Crippen molar-refractivity contribution in [3.63, 3.8) is 0 Å². The maximum absolute atomic E-state index is 12.0. The van der Waals surface area contributed by atoms with Gasteiger partial charge in [0.05, 0.1) is 7.11 Å². The van der Waals surface area contributed by atoms with Crippen LogP contribution in [0.1, 0.15) is 16.7 Å². The molecule has 0 atom stereocenters. The van der Waals surface area contributed by atoms with Crippen molar-refractivity contribution in [2.24, 2.45) is 4.99 Å². The van der Waals surface area contributed by atoms with Crippen LogP contribution in [0, 0.1) is 6.92 Å². The van der Waals surface area contributed by atoms with Gasteiger partial charge in [-0.2, -0.15) is 0 Å². The van der Waals surface area contributed by atoms with Crippen molar-refractivity contribution in [2.45, 2.75) is 6.92 Å². The minimum atomic E-state index is -0.506. The first-order valence-corrected chi connectivity index (χ1v) is 7.03. The standard InChI is InChI=1S/C18H15NO4/c1-11-4-3-5-13(8-11)17-19-14(18(21)23-17)9-12-6-7-15(20)16(10-12)22-2/h3-10,20H,1-2H3. The second-order valence-electron chi connectivity index (χ2n) is 5.14. The third-order valence-electron chi connectivity index (χ3n) is 3.39. The third kappa shape index (κ3) is 3.08. The number of benzene rings is 2. The Morgan fingerprint density at radius 1 is 1.22 bits per heavy atom.